The van der Waals surface area contributed by atoms with Crippen molar-refractivity contribution in [3.63, 3.8) is 0 Å². The van der Waals surface area contributed by atoms with Gasteiger partial charge in [-0.25, -0.2) is 9.97 Å². The van der Waals surface area contributed by atoms with Crippen LogP contribution in [0.4, 0.5) is 5.82 Å². The molecular weight excluding hydrogens is 404 g/mol. The van der Waals surface area contributed by atoms with E-state index in [0.717, 1.165) is 31.2 Å². The summed E-state index contributed by atoms with van der Waals surface area (Å²) < 4.78 is 1.54. The molecule has 0 spiro atoms. The molecule has 0 aliphatic carbocycles. The normalized spacial score (nSPS) is 15.9. The molecular formula is C21H29ClN6O2. The third-order valence-corrected chi connectivity index (χ3v) is 6.16. The van der Waals surface area contributed by atoms with Crippen LogP contribution in [-0.2, 0) is 18.3 Å². The van der Waals surface area contributed by atoms with Gasteiger partial charge in [0.1, 0.15) is 22.5 Å². The summed E-state index contributed by atoms with van der Waals surface area (Å²) in [5.41, 5.74) is 7.34. The first-order chi connectivity index (χ1) is 14.3. The molecule has 1 aliphatic rings. The number of ketones is 1. The molecule has 3 rings (SSSR count). The van der Waals surface area contributed by atoms with E-state index in [1.807, 2.05) is 11.8 Å². The van der Waals surface area contributed by atoms with Crippen molar-refractivity contribution in [2.75, 3.05) is 18.8 Å². The first-order valence-corrected chi connectivity index (χ1v) is 10.7. The summed E-state index contributed by atoms with van der Waals surface area (Å²) in [5, 5.41) is 4.45. The Labute approximate surface area is 181 Å². The van der Waals surface area contributed by atoms with E-state index < -0.39 is 0 Å². The Morgan fingerprint density at radius 2 is 2.00 bits per heavy atom. The maximum absolute atomic E-state index is 12.8. The van der Waals surface area contributed by atoms with Gasteiger partial charge in [0.05, 0.1) is 0 Å². The minimum atomic E-state index is -0.340. The number of rotatable bonds is 7. The molecule has 0 saturated carbocycles. The van der Waals surface area contributed by atoms with E-state index in [2.05, 4.69) is 15.1 Å². The number of likely N-dealkylation sites (tertiary alicyclic amines) is 1. The van der Waals surface area contributed by atoms with Crippen LogP contribution in [0.1, 0.15) is 54.5 Å². The van der Waals surface area contributed by atoms with Crippen molar-refractivity contribution in [2.24, 2.45) is 18.9 Å². The third kappa shape index (κ3) is 5.16. The standard InChI is InChI=1S/C21H29ClN6O2/c1-13(12-18(29)17-6-9-24-27(17)3)21(30)28-10-7-15(8-11-28)4-5-16-19(22)25-14(2)26-20(16)23/h6,9,13,15H,4-5,7-8,10-12H2,1-3H3,(H2,23,25,26). The molecule has 1 atom stereocenters. The van der Waals surface area contributed by atoms with Crippen LogP contribution in [0.5, 0.6) is 0 Å². The Morgan fingerprint density at radius 3 is 2.60 bits per heavy atom. The zero-order valence-electron chi connectivity index (χ0n) is 17.8. The molecule has 2 aromatic rings. The van der Waals surface area contributed by atoms with Gasteiger partial charge in [0.2, 0.25) is 5.91 Å². The number of Topliss-reactive ketones (excluding diaryl/α,β-unsaturated/α-hetero) is 1. The minimum Gasteiger partial charge on any atom is -0.383 e. The van der Waals surface area contributed by atoms with Gasteiger partial charge in [-0.05, 0) is 44.6 Å². The van der Waals surface area contributed by atoms with Gasteiger partial charge in [0, 0.05) is 44.2 Å². The summed E-state index contributed by atoms with van der Waals surface area (Å²) >= 11 is 6.22. The summed E-state index contributed by atoms with van der Waals surface area (Å²) in [4.78, 5) is 35.5. The lowest BCUT2D eigenvalue weighted by atomic mass is 9.90. The molecule has 0 radical (unpaired) electrons. The quantitative estimate of drug-likeness (QED) is 0.532. The number of nitrogen functional groups attached to an aromatic ring is 1. The number of hydrogen-bond donors (Lipinski definition) is 1. The number of hydrogen-bond acceptors (Lipinski definition) is 6. The second-order valence-corrected chi connectivity index (χ2v) is 8.46. The van der Waals surface area contributed by atoms with E-state index in [0.29, 0.717) is 41.5 Å². The number of piperidine rings is 1. The Hall–Kier alpha value is -2.48. The van der Waals surface area contributed by atoms with Crippen molar-refractivity contribution < 1.29 is 9.59 Å². The summed E-state index contributed by atoms with van der Waals surface area (Å²) in [6, 6.07) is 1.68. The number of halogens is 1. The monoisotopic (exact) mass is 432 g/mol. The van der Waals surface area contributed by atoms with E-state index in [4.69, 9.17) is 17.3 Å². The fourth-order valence-corrected chi connectivity index (χ4v) is 4.35. The van der Waals surface area contributed by atoms with Gasteiger partial charge in [-0.2, -0.15) is 5.10 Å². The number of carbonyl (C=O) groups is 2. The van der Waals surface area contributed by atoms with Crippen LogP contribution in [0.3, 0.4) is 0 Å². The number of nitrogens with two attached hydrogens (primary N) is 1. The Kier molecular flexibility index (Phi) is 7.07. The van der Waals surface area contributed by atoms with E-state index in [-0.39, 0.29) is 24.0 Å². The molecule has 1 fully saturated rings. The average Bonchev–Trinajstić information content (AvgIpc) is 3.13. The molecule has 3 heterocycles. The third-order valence-electron chi connectivity index (χ3n) is 5.85. The first kappa shape index (κ1) is 22.2. The van der Waals surface area contributed by atoms with Crippen molar-refractivity contribution in [3.8, 4) is 0 Å². The van der Waals surface area contributed by atoms with Crippen LogP contribution in [0.25, 0.3) is 0 Å². The average molecular weight is 433 g/mol. The molecule has 2 aromatic heterocycles. The van der Waals surface area contributed by atoms with Gasteiger partial charge in [-0.15, -0.1) is 0 Å². The SMILES string of the molecule is Cc1nc(N)c(CCC2CCN(C(=O)C(C)CC(=O)c3ccnn3C)CC2)c(Cl)n1. The lowest BCUT2D eigenvalue weighted by Gasteiger charge is -2.33. The number of nitrogens with zero attached hydrogens (tertiary/aromatic N) is 5. The van der Waals surface area contributed by atoms with Crippen LogP contribution in [0.2, 0.25) is 5.15 Å². The van der Waals surface area contributed by atoms with Crippen molar-refractivity contribution in [2.45, 2.75) is 46.0 Å². The lowest BCUT2D eigenvalue weighted by molar-refractivity contribution is -0.136. The van der Waals surface area contributed by atoms with Crippen LogP contribution >= 0.6 is 11.6 Å². The molecule has 2 N–H and O–H groups in total. The zero-order valence-corrected chi connectivity index (χ0v) is 18.5. The predicted molar refractivity (Wildman–Crippen MR) is 115 cm³/mol. The largest absolute Gasteiger partial charge is 0.383 e. The molecule has 0 bridgehead atoms. The van der Waals surface area contributed by atoms with Crippen molar-refractivity contribution >= 4 is 29.1 Å². The lowest BCUT2D eigenvalue weighted by Crippen LogP contribution is -2.41. The maximum atomic E-state index is 12.8. The highest BCUT2D eigenvalue weighted by Crippen LogP contribution is 2.27. The summed E-state index contributed by atoms with van der Waals surface area (Å²) in [6.45, 7) is 5.01. The highest BCUT2D eigenvalue weighted by Gasteiger charge is 2.28. The number of aryl methyl sites for hydroxylation is 2. The molecule has 1 saturated heterocycles. The molecule has 162 valence electrons. The highest BCUT2D eigenvalue weighted by molar-refractivity contribution is 6.30. The Bertz CT molecular complexity index is 897. The molecule has 8 nitrogen and oxygen atoms in total. The van der Waals surface area contributed by atoms with E-state index in [9.17, 15) is 9.59 Å². The number of anilines is 1. The predicted octanol–water partition coefficient (Wildman–Crippen LogP) is 2.83. The smallest absolute Gasteiger partial charge is 0.225 e. The first-order valence-electron chi connectivity index (χ1n) is 10.3. The van der Waals surface area contributed by atoms with Gasteiger partial charge < -0.3 is 10.6 Å². The second-order valence-electron chi connectivity index (χ2n) is 8.10. The van der Waals surface area contributed by atoms with Gasteiger partial charge in [0.15, 0.2) is 5.78 Å². The topological polar surface area (TPSA) is 107 Å². The molecule has 30 heavy (non-hydrogen) atoms. The summed E-state index contributed by atoms with van der Waals surface area (Å²) in [6.07, 6.45) is 5.32. The molecule has 9 heteroatoms. The van der Waals surface area contributed by atoms with Gasteiger partial charge in [-0.3, -0.25) is 14.3 Å². The van der Waals surface area contributed by atoms with Crippen molar-refractivity contribution in [1.82, 2.24) is 24.6 Å². The van der Waals surface area contributed by atoms with Crippen LogP contribution in [0, 0.1) is 18.8 Å². The number of aromatic nitrogens is 4. The van der Waals surface area contributed by atoms with Gasteiger partial charge in [-0.1, -0.05) is 18.5 Å². The van der Waals surface area contributed by atoms with Crippen LogP contribution in [0.15, 0.2) is 12.3 Å². The van der Waals surface area contributed by atoms with Crippen LogP contribution in [-0.4, -0.2) is 49.4 Å². The number of amides is 1. The summed E-state index contributed by atoms with van der Waals surface area (Å²) in [5.74, 6) is 1.17. The maximum Gasteiger partial charge on any atom is 0.225 e. The molecule has 1 unspecified atom stereocenters. The van der Waals surface area contributed by atoms with E-state index in [1.165, 1.54) is 0 Å². The van der Waals surface area contributed by atoms with E-state index >= 15 is 0 Å². The van der Waals surface area contributed by atoms with Crippen LogP contribution < -0.4 is 5.73 Å². The molecule has 1 aliphatic heterocycles. The fraction of sp³-hybridized carbons (Fsp3) is 0.571. The molecule has 1 amide bonds. The van der Waals surface area contributed by atoms with Crippen molar-refractivity contribution in [3.05, 3.63) is 34.5 Å². The van der Waals surface area contributed by atoms with Gasteiger partial charge in [0.25, 0.3) is 0 Å². The highest BCUT2D eigenvalue weighted by atomic mass is 35.5. The van der Waals surface area contributed by atoms with Crippen molar-refractivity contribution in [1.29, 1.82) is 0 Å². The fourth-order valence-electron chi connectivity index (χ4n) is 4.03. The second kappa shape index (κ2) is 9.55. The number of carbonyl (C=O) groups excluding carboxylic acids is 2. The minimum absolute atomic E-state index is 0.0446. The molecule has 0 aromatic carbocycles. The Balaban J connectivity index is 1.47. The Morgan fingerprint density at radius 1 is 1.30 bits per heavy atom. The summed E-state index contributed by atoms with van der Waals surface area (Å²) in [7, 11) is 1.73. The van der Waals surface area contributed by atoms with E-state index in [1.54, 1.807) is 30.9 Å². The van der Waals surface area contributed by atoms with Gasteiger partial charge >= 0.3 is 0 Å². The zero-order chi connectivity index (χ0) is 21.8.